The van der Waals surface area contributed by atoms with Crippen LogP contribution < -0.4 is 9.47 Å². The van der Waals surface area contributed by atoms with E-state index in [2.05, 4.69) is 24.0 Å². The van der Waals surface area contributed by atoms with Crippen molar-refractivity contribution in [2.24, 2.45) is 0 Å². The summed E-state index contributed by atoms with van der Waals surface area (Å²) in [6.07, 6.45) is 3.36. The molecule has 1 aromatic heterocycles. The summed E-state index contributed by atoms with van der Waals surface area (Å²) in [5.41, 5.74) is 0. The Bertz CT molecular complexity index is 816. The van der Waals surface area contributed by atoms with E-state index in [1.807, 2.05) is 40.7 Å². The van der Waals surface area contributed by atoms with Gasteiger partial charge in [-0.15, -0.1) is 10.2 Å². The molecule has 2 aromatic rings. The lowest BCUT2D eigenvalue weighted by Crippen LogP contribution is -2.48. The second kappa shape index (κ2) is 10.0. The topological polar surface area (TPSA) is 69.5 Å². The summed E-state index contributed by atoms with van der Waals surface area (Å²) < 4.78 is 13.1. The zero-order valence-electron chi connectivity index (χ0n) is 17.6. The average molecular weight is 419 g/mol. The Morgan fingerprint density at radius 1 is 1.21 bits per heavy atom. The number of hydrogen-bond acceptors (Lipinski definition) is 6. The summed E-state index contributed by atoms with van der Waals surface area (Å²) in [6.45, 7) is 7.35. The van der Waals surface area contributed by atoms with Crippen LogP contribution in [0.1, 0.15) is 45.9 Å². The van der Waals surface area contributed by atoms with Gasteiger partial charge in [-0.1, -0.05) is 17.8 Å². The lowest BCUT2D eigenvalue weighted by atomic mass is 9.98. The van der Waals surface area contributed by atoms with Crippen LogP contribution in [0.25, 0.3) is 0 Å². The van der Waals surface area contributed by atoms with Crippen LogP contribution in [-0.4, -0.2) is 50.5 Å². The van der Waals surface area contributed by atoms with Gasteiger partial charge < -0.3 is 18.9 Å². The summed E-state index contributed by atoms with van der Waals surface area (Å²) in [5, 5.41) is 9.32. The summed E-state index contributed by atoms with van der Waals surface area (Å²) in [5.74, 6) is 2.76. The molecule has 0 N–H and O–H groups in total. The number of piperidine rings is 1. The van der Waals surface area contributed by atoms with Crippen molar-refractivity contribution < 1.29 is 14.3 Å². The molecule has 8 heteroatoms. The van der Waals surface area contributed by atoms with Crippen LogP contribution in [-0.2, 0) is 17.9 Å². The van der Waals surface area contributed by atoms with E-state index in [4.69, 9.17) is 9.47 Å². The Morgan fingerprint density at radius 2 is 1.93 bits per heavy atom. The van der Waals surface area contributed by atoms with E-state index in [0.717, 1.165) is 36.1 Å². The van der Waals surface area contributed by atoms with Crippen molar-refractivity contribution in [3.63, 3.8) is 0 Å². The van der Waals surface area contributed by atoms with Crippen LogP contribution >= 0.6 is 11.8 Å². The Balaban J connectivity index is 1.61. The first-order valence-electron chi connectivity index (χ1n) is 10.2. The highest BCUT2D eigenvalue weighted by molar-refractivity contribution is 7.99. The molecule has 1 fully saturated rings. The van der Waals surface area contributed by atoms with Gasteiger partial charge in [0.2, 0.25) is 5.91 Å². The first-order valence-corrected chi connectivity index (χ1v) is 11.1. The third-order valence-electron chi connectivity index (χ3n) is 5.33. The van der Waals surface area contributed by atoms with Crippen molar-refractivity contribution in [2.75, 3.05) is 12.9 Å². The number of ether oxygens (including phenoxy) is 2. The number of likely N-dealkylation sites (tertiary alicyclic amines) is 1. The van der Waals surface area contributed by atoms with E-state index in [0.29, 0.717) is 30.2 Å². The van der Waals surface area contributed by atoms with Gasteiger partial charge in [0.05, 0.1) is 12.9 Å². The van der Waals surface area contributed by atoms with Crippen LogP contribution in [0.4, 0.5) is 0 Å². The molecule has 1 saturated heterocycles. The van der Waals surface area contributed by atoms with Gasteiger partial charge in [-0.25, -0.2) is 0 Å². The maximum absolute atomic E-state index is 12.8. The number of thioether (sulfide) groups is 1. The fourth-order valence-electron chi connectivity index (χ4n) is 3.80. The van der Waals surface area contributed by atoms with Crippen molar-refractivity contribution in [3.8, 4) is 11.5 Å². The third-order valence-corrected chi connectivity index (χ3v) is 6.28. The van der Waals surface area contributed by atoms with Gasteiger partial charge >= 0.3 is 0 Å². The quantitative estimate of drug-likeness (QED) is 0.608. The monoisotopic (exact) mass is 418 g/mol. The molecule has 1 aliphatic rings. The van der Waals surface area contributed by atoms with Crippen molar-refractivity contribution in [1.82, 2.24) is 19.7 Å². The van der Waals surface area contributed by atoms with E-state index in [1.54, 1.807) is 7.11 Å². The Hall–Kier alpha value is -2.22. The molecule has 2 heterocycles. The molecule has 3 rings (SSSR count). The molecular weight excluding hydrogens is 388 g/mol. The molecule has 0 radical (unpaired) electrons. The Labute approximate surface area is 176 Å². The Kier molecular flexibility index (Phi) is 7.41. The van der Waals surface area contributed by atoms with Gasteiger partial charge in [-0.2, -0.15) is 0 Å². The first-order chi connectivity index (χ1) is 14.0. The maximum atomic E-state index is 12.8. The number of nitrogens with zero attached hydrogens (tertiary/aromatic N) is 4. The molecule has 7 nitrogen and oxygen atoms in total. The van der Waals surface area contributed by atoms with Gasteiger partial charge in [0, 0.05) is 24.7 Å². The minimum absolute atomic E-state index is 0.175. The summed E-state index contributed by atoms with van der Waals surface area (Å²) in [6, 6.07) is 8.09. The normalized spacial score (nSPS) is 19.2. The van der Waals surface area contributed by atoms with Gasteiger partial charge in [0.15, 0.2) is 11.0 Å². The largest absolute Gasteiger partial charge is 0.497 e. The van der Waals surface area contributed by atoms with Crippen LogP contribution in [0.3, 0.4) is 0 Å². The first kappa shape index (κ1) is 21.5. The van der Waals surface area contributed by atoms with E-state index < -0.39 is 0 Å². The molecule has 1 aliphatic heterocycles. The van der Waals surface area contributed by atoms with E-state index in [9.17, 15) is 4.79 Å². The summed E-state index contributed by atoms with van der Waals surface area (Å²) in [4.78, 5) is 14.8. The van der Waals surface area contributed by atoms with Crippen molar-refractivity contribution >= 4 is 17.7 Å². The van der Waals surface area contributed by atoms with Crippen LogP contribution in [0, 0.1) is 0 Å². The number of methoxy groups -OCH3 is 1. The molecular formula is C21H30N4O3S. The van der Waals surface area contributed by atoms with Crippen LogP contribution in [0.15, 0.2) is 29.4 Å². The molecule has 0 spiro atoms. The third kappa shape index (κ3) is 5.23. The molecule has 1 amide bonds. The Morgan fingerprint density at radius 3 is 2.62 bits per heavy atom. The minimum Gasteiger partial charge on any atom is -0.497 e. The number of carbonyl (C=O) groups excluding carboxylic acids is 1. The highest BCUT2D eigenvalue weighted by Gasteiger charge is 2.29. The number of benzene rings is 1. The summed E-state index contributed by atoms with van der Waals surface area (Å²) in [7, 11) is 1.63. The fourth-order valence-corrected chi connectivity index (χ4v) is 4.69. The minimum atomic E-state index is 0.175. The highest BCUT2D eigenvalue weighted by Crippen LogP contribution is 2.25. The SMILES string of the molecule is CCn1c(COc2cccc(OC)c2)nnc1SCC(=O)N1C(C)CCCC1C. The lowest BCUT2D eigenvalue weighted by molar-refractivity contribution is -0.134. The van der Waals surface area contributed by atoms with Gasteiger partial charge in [-0.05, 0) is 52.2 Å². The molecule has 0 aliphatic carbocycles. The number of hydrogen-bond donors (Lipinski definition) is 0. The number of rotatable bonds is 8. The lowest BCUT2D eigenvalue weighted by Gasteiger charge is -2.39. The molecule has 158 valence electrons. The molecule has 2 unspecified atom stereocenters. The molecule has 2 atom stereocenters. The second-order valence-electron chi connectivity index (χ2n) is 7.33. The van der Waals surface area contributed by atoms with Crippen molar-refractivity contribution in [3.05, 3.63) is 30.1 Å². The van der Waals surface area contributed by atoms with Gasteiger partial charge in [0.1, 0.15) is 18.1 Å². The van der Waals surface area contributed by atoms with E-state index in [1.165, 1.54) is 18.2 Å². The van der Waals surface area contributed by atoms with Crippen LogP contribution in [0.5, 0.6) is 11.5 Å². The number of carbonyl (C=O) groups is 1. The zero-order valence-corrected chi connectivity index (χ0v) is 18.4. The maximum Gasteiger partial charge on any atom is 0.233 e. The predicted octanol–water partition coefficient (Wildman–Crippen LogP) is 3.77. The van der Waals surface area contributed by atoms with E-state index >= 15 is 0 Å². The van der Waals surface area contributed by atoms with Gasteiger partial charge in [0.25, 0.3) is 0 Å². The average Bonchev–Trinajstić information content (AvgIpc) is 3.12. The van der Waals surface area contributed by atoms with Crippen molar-refractivity contribution in [1.29, 1.82) is 0 Å². The molecule has 1 aromatic carbocycles. The van der Waals surface area contributed by atoms with Crippen LogP contribution in [0.2, 0.25) is 0 Å². The van der Waals surface area contributed by atoms with E-state index in [-0.39, 0.29) is 5.91 Å². The fraction of sp³-hybridized carbons (Fsp3) is 0.571. The molecule has 29 heavy (non-hydrogen) atoms. The standard InChI is InChI=1S/C21H30N4O3S/c1-5-24-19(13-28-18-11-7-10-17(12-18)27-4)22-23-21(24)29-14-20(26)25-15(2)8-6-9-16(25)3/h7,10-12,15-16H,5-6,8-9,13-14H2,1-4H3. The predicted molar refractivity (Wildman–Crippen MR) is 113 cm³/mol. The highest BCUT2D eigenvalue weighted by atomic mass is 32.2. The van der Waals surface area contributed by atoms with Crippen molar-refractivity contribution in [2.45, 2.75) is 70.4 Å². The summed E-state index contributed by atoms with van der Waals surface area (Å²) >= 11 is 1.45. The molecule has 0 bridgehead atoms. The second-order valence-corrected chi connectivity index (χ2v) is 8.27. The number of amides is 1. The zero-order chi connectivity index (χ0) is 20.8. The smallest absolute Gasteiger partial charge is 0.233 e. The number of aromatic nitrogens is 3. The van der Waals surface area contributed by atoms with Gasteiger partial charge in [-0.3, -0.25) is 4.79 Å². The molecule has 0 saturated carbocycles.